The number of amides is 1. The van der Waals surface area contributed by atoms with Gasteiger partial charge in [0.05, 0.1) is 11.8 Å². The number of aliphatic hydroxyl groups excluding tert-OH is 1. The Kier molecular flexibility index (Phi) is 3.88. The molecule has 0 radical (unpaired) electrons. The van der Waals surface area contributed by atoms with Crippen molar-refractivity contribution in [3.05, 3.63) is 47.3 Å². The molecule has 1 N–H and O–H groups in total. The molecule has 0 spiro atoms. The zero-order valence-corrected chi connectivity index (χ0v) is 14.0. The predicted molar refractivity (Wildman–Crippen MR) is 91.3 cm³/mol. The second kappa shape index (κ2) is 6.06. The molecular formula is C19H23N3O2. The standard InChI is InChI=1S/C19H23N3O2/c1-13(23)14-10-11-21(12-14)19(24)18-16-8-5-9-17(16)22(20-18)15-6-3-2-4-7-15/h2-4,6-7,13-14,23H,5,8-12H2,1H3. The van der Waals surface area contributed by atoms with Crippen molar-refractivity contribution < 1.29 is 9.90 Å². The van der Waals surface area contributed by atoms with Crippen LogP contribution in [0.2, 0.25) is 0 Å². The zero-order valence-electron chi connectivity index (χ0n) is 14.0. The number of likely N-dealkylation sites (tertiary alicyclic amines) is 1. The summed E-state index contributed by atoms with van der Waals surface area (Å²) in [4.78, 5) is 14.8. The summed E-state index contributed by atoms with van der Waals surface area (Å²) < 4.78 is 1.94. The van der Waals surface area contributed by atoms with Crippen LogP contribution in [0.25, 0.3) is 5.69 Å². The Balaban J connectivity index is 1.66. The van der Waals surface area contributed by atoms with Gasteiger partial charge in [0.15, 0.2) is 5.69 Å². The summed E-state index contributed by atoms with van der Waals surface area (Å²) in [5.41, 5.74) is 3.91. The Labute approximate surface area is 141 Å². The number of hydrogen-bond acceptors (Lipinski definition) is 3. The third-order valence-electron chi connectivity index (χ3n) is 5.33. The number of fused-ring (bicyclic) bond motifs is 1. The van der Waals surface area contributed by atoms with Gasteiger partial charge in [0, 0.05) is 30.3 Å². The van der Waals surface area contributed by atoms with Gasteiger partial charge in [-0.1, -0.05) is 18.2 Å². The molecule has 1 fully saturated rings. The summed E-state index contributed by atoms with van der Waals surface area (Å²) in [6.07, 6.45) is 3.48. The fourth-order valence-electron chi connectivity index (χ4n) is 3.91. The monoisotopic (exact) mass is 325 g/mol. The molecule has 0 saturated carbocycles. The van der Waals surface area contributed by atoms with Gasteiger partial charge < -0.3 is 10.0 Å². The van der Waals surface area contributed by atoms with Gasteiger partial charge in [-0.25, -0.2) is 4.68 Å². The molecule has 2 heterocycles. The van der Waals surface area contributed by atoms with E-state index in [0.717, 1.165) is 36.9 Å². The topological polar surface area (TPSA) is 58.4 Å². The van der Waals surface area contributed by atoms with Crippen molar-refractivity contribution in [1.82, 2.24) is 14.7 Å². The Bertz CT molecular complexity index is 751. The largest absolute Gasteiger partial charge is 0.393 e. The number of aliphatic hydroxyl groups is 1. The second-order valence-corrected chi connectivity index (χ2v) is 6.92. The maximum atomic E-state index is 13.0. The maximum Gasteiger partial charge on any atom is 0.274 e. The lowest BCUT2D eigenvalue weighted by molar-refractivity contribution is 0.0755. The first-order valence-electron chi connectivity index (χ1n) is 8.78. The van der Waals surface area contributed by atoms with Crippen molar-refractivity contribution in [2.45, 2.75) is 38.7 Å². The minimum atomic E-state index is -0.365. The van der Waals surface area contributed by atoms with Crippen LogP contribution in [0.4, 0.5) is 0 Å². The molecule has 5 nitrogen and oxygen atoms in total. The van der Waals surface area contributed by atoms with Crippen LogP contribution in [0.15, 0.2) is 30.3 Å². The molecule has 1 amide bonds. The number of carbonyl (C=O) groups is 1. The van der Waals surface area contributed by atoms with E-state index in [1.807, 2.05) is 39.9 Å². The third kappa shape index (κ3) is 2.53. The van der Waals surface area contributed by atoms with E-state index < -0.39 is 0 Å². The molecule has 24 heavy (non-hydrogen) atoms. The molecule has 0 bridgehead atoms. The molecule has 1 saturated heterocycles. The van der Waals surface area contributed by atoms with Gasteiger partial charge in [-0.05, 0) is 44.7 Å². The zero-order chi connectivity index (χ0) is 16.7. The molecule has 2 unspecified atom stereocenters. The minimum absolute atomic E-state index is 0.0194. The van der Waals surface area contributed by atoms with Crippen LogP contribution < -0.4 is 0 Å². The fourth-order valence-corrected chi connectivity index (χ4v) is 3.91. The lowest BCUT2D eigenvalue weighted by atomic mass is 10.0. The first-order valence-corrected chi connectivity index (χ1v) is 8.78. The Morgan fingerprint density at radius 2 is 2.08 bits per heavy atom. The van der Waals surface area contributed by atoms with E-state index in [-0.39, 0.29) is 17.9 Å². The number of carbonyl (C=O) groups excluding carboxylic acids is 1. The van der Waals surface area contributed by atoms with Crippen molar-refractivity contribution in [2.75, 3.05) is 13.1 Å². The van der Waals surface area contributed by atoms with Gasteiger partial charge in [0.2, 0.25) is 0 Å². The van der Waals surface area contributed by atoms with Gasteiger partial charge in [-0.15, -0.1) is 0 Å². The Morgan fingerprint density at radius 3 is 2.79 bits per heavy atom. The summed E-state index contributed by atoms with van der Waals surface area (Å²) in [7, 11) is 0. The number of benzene rings is 1. The third-order valence-corrected chi connectivity index (χ3v) is 5.33. The molecule has 2 aliphatic rings. The number of hydrogen-bond donors (Lipinski definition) is 1. The summed E-state index contributed by atoms with van der Waals surface area (Å²) in [5, 5.41) is 14.5. The summed E-state index contributed by atoms with van der Waals surface area (Å²) >= 11 is 0. The van der Waals surface area contributed by atoms with Crippen molar-refractivity contribution in [1.29, 1.82) is 0 Å². The second-order valence-electron chi connectivity index (χ2n) is 6.92. The van der Waals surface area contributed by atoms with E-state index >= 15 is 0 Å². The quantitative estimate of drug-likeness (QED) is 0.941. The first kappa shape index (κ1) is 15.4. The van der Waals surface area contributed by atoms with E-state index in [4.69, 9.17) is 0 Å². The normalized spacial score (nSPS) is 21.1. The maximum absolute atomic E-state index is 13.0. The molecule has 4 rings (SSSR count). The Hall–Kier alpha value is -2.14. The van der Waals surface area contributed by atoms with Crippen LogP contribution in [0.3, 0.4) is 0 Å². The van der Waals surface area contributed by atoms with Crippen molar-refractivity contribution in [3.8, 4) is 5.69 Å². The predicted octanol–water partition coefficient (Wildman–Crippen LogP) is 2.20. The smallest absolute Gasteiger partial charge is 0.274 e. The summed E-state index contributed by atoms with van der Waals surface area (Å²) in [5.74, 6) is 0.198. The highest BCUT2D eigenvalue weighted by molar-refractivity contribution is 5.94. The number of para-hydroxylation sites is 1. The van der Waals surface area contributed by atoms with E-state index in [2.05, 4.69) is 5.10 Å². The molecule has 1 aliphatic heterocycles. The highest BCUT2D eigenvalue weighted by Gasteiger charge is 2.34. The van der Waals surface area contributed by atoms with Gasteiger partial charge in [0.25, 0.3) is 5.91 Å². The van der Waals surface area contributed by atoms with E-state index in [1.165, 1.54) is 5.69 Å². The van der Waals surface area contributed by atoms with Gasteiger partial charge in [-0.3, -0.25) is 4.79 Å². The molecule has 126 valence electrons. The van der Waals surface area contributed by atoms with Crippen LogP contribution in [0.1, 0.15) is 41.5 Å². The van der Waals surface area contributed by atoms with Crippen LogP contribution in [0, 0.1) is 5.92 Å². The van der Waals surface area contributed by atoms with E-state index in [9.17, 15) is 9.90 Å². The molecular weight excluding hydrogens is 302 g/mol. The van der Waals surface area contributed by atoms with E-state index in [0.29, 0.717) is 18.8 Å². The Morgan fingerprint density at radius 1 is 1.29 bits per heavy atom. The number of nitrogens with zero attached hydrogens (tertiary/aromatic N) is 3. The molecule has 1 aliphatic carbocycles. The molecule has 5 heteroatoms. The van der Waals surface area contributed by atoms with Crippen LogP contribution in [0.5, 0.6) is 0 Å². The van der Waals surface area contributed by atoms with Gasteiger partial charge in [0.1, 0.15) is 0 Å². The van der Waals surface area contributed by atoms with E-state index in [1.54, 1.807) is 6.92 Å². The minimum Gasteiger partial charge on any atom is -0.393 e. The van der Waals surface area contributed by atoms with Crippen molar-refractivity contribution >= 4 is 5.91 Å². The highest BCUT2D eigenvalue weighted by atomic mass is 16.3. The average Bonchev–Trinajstić information content (AvgIpc) is 3.31. The summed E-state index contributed by atoms with van der Waals surface area (Å²) in [6, 6.07) is 10.0. The van der Waals surface area contributed by atoms with Gasteiger partial charge >= 0.3 is 0 Å². The average molecular weight is 325 g/mol. The summed E-state index contributed by atoms with van der Waals surface area (Å²) in [6.45, 7) is 3.14. The lowest BCUT2D eigenvalue weighted by Gasteiger charge is -2.17. The van der Waals surface area contributed by atoms with Crippen molar-refractivity contribution in [3.63, 3.8) is 0 Å². The fraction of sp³-hybridized carbons (Fsp3) is 0.474. The van der Waals surface area contributed by atoms with Crippen molar-refractivity contribution in [2.24, 2.45) is 5.92 Å². The van der Waals surface area contributed by atoms with Crippen LogP contribution in [-0.2, 0) is 12.8 Å². The highest BCUT2D eigenvalue weighted by Crippen LogP contribution is 2.30. The lowest BCUT2D eigenvalue weighted by Crippen LogP contribution is -2.31. The SMILES string of the molecule is CC(O)C1CCN(C(=O)c2nn(-c3ccccc3)c3c2CCC3)C1. The molecule has 2 atom stereocenters. The number of aromatic nitrogens is 2. The molecule has 2 aromatic rings. The first-order chi connectivity index (χ1) is 11.6. The number of rotatable bonds is 3. The van der Waals surface area contributed by atoms with Crippen LogP contribution >= 0.6 is 0 Å². The molecule has 1 aromatic carbocycles. The van der Waals surface area contributed by atoms with Crippen LogP contribution in [-0.4, -0.2) is 44.9 Å². The molecule has 1 aromatic heterocycles. The van der Waals surface area contributed by atoms with Gasteiger partial charge in [-0.2, -0.15) is 5.10 Å².